The predicted octanol–water partition coefficient (Wildman–Crippen LogP) is 2.94. The smallest absolute Gasteiger partial charge is 0.123 e. The Morgan fingerprint density at radius 3 is 3.10 bits per heavy atom. The summed E-state index contributed by atoms with van der Waals surface area (Å²) in [5.41, 5.74) is 0.954. The van der Waals surface area contributed by atoms with E-state index < -0.39 is 0 Å². The first kappa shape index (κ1) is 13.2. The molecule has 20 heavy (non-hydrogen) atoms. The van der Waals surface area contributed by atoms with Gasteiger partial charge in [-0.15, -0.1) is 0 Å². The Labute approximate surface area is 117 Å². The summed E-state index contributed by atoms with van der Waals surface area (Å²) >= 11 is 0. The van der Waals surface area contributed by atoms with E-state index >= 15 is 0 Å². The fourth-order valence-electron chi connectivity index (χ4n) is 2.54. The molecule has 1 aliphatic rings. The maximum Gasteiger partial charge on any atom is 0.123 e. The molecule has 0 bridgehead atoms. The van der Waals surface area contributed by atoms with Crippen LogP contribution in [0.2, 0.25) is 0 Å². The van der Waals surface area contributed by atoms with E-state index in [4.69, 9.17) is 9.15 Å². The number of halogens is 1. The lowest BCUT2D eigenvalue weighted by atomic mass is 10.1. The second-order valence-electron chi connectivity index (χ2n) is 5.29. The van der Waals surface area contributed by atoms with Crippen molar-refractivity contribution in [1.82, 2.24) is 5.32 Å². The molecule has 0 fully saturated rings. The van der Waals surface area contributed by atoms with Crippen LogP contribution in [0.4, 0.5) is 4.39 Å². The number of benzene rings is 1. The highest BCUT2D eigenvalue weighted by Gasteiger charge is 2.23. The molecule has 3 rings (SSSR count). The Kier molecular flexibility index (Phi) is 3.74. The second kappa shape index (κ2) is 5.67. The molecule has 4 heteroatoms. The molecule has 106 valence electrons. The van der Waals surface area contributed by atoms with Crippen molar-refractivity contribution >= 4 is 0 Å². The average Bonchev–Trinajstić information content (AvgIpc) is 3.04. The van der Waals surface area contributed by atoms with Gasteiger partial charge in [0.2, 0.25) is 0 Å². The van der Waals surface area contributed by atoms with Crippen LogP contribution >= 0.6 is 0 Å². The first-order valence-electron chi connectivity index (χ1n) is 6.91. The third-order valence-electron chi connectivity index (χ3n) is 3.55. The quantitative estimate of drug-likeness (QED) is 0.911. The highest BCUT2D eigenvalue weighted by atomic mass is 19.1. The van der Waals surface area contributed by atoms with E-state index in [9.17, 15) is 4.39 Å². The van der Waals surface area contributed by atoms with E-state index in [1.807, 2.05) is 12.1 Å². The highest BCUT2D eigenvalue weighted by molar-refractivity contribution is 5.37. The lowest BCUT2D eigenvalue weighted by Gasteiger charge is -2.16. The Bertz CT molecular complexity index is 568. The van der Waals surface area contributed by atoms with Crippen LogP contribution in [0.25, 0.3) is 0 Å². The molecule has 1 aromatic carbocycles. The Morgan fingerprint density at radius 1 is 1.40 bits per heavy atom. The zero-order valence-corrected chi connectivity index (χ0v) is 11.4. The van der Waals surface area contributed by atoms with Crippen molar-refractivity contribution in [3.63, 3.8) is 0 Å². The molecule has 0 spiro atoms. The van der Waals surface area contributed by atoms with E-state index in [-0.39, 0.29) is 11.9 Å². The summed E-state index contributed by atoms with van der Waals surface area (Å²) < 4.78 is 24.3. The molecule has 3 nitrogen and oxygen atoms in total. The van der Waals surface area contributed by atoms with Crippen LogP contribution < -0.4 is 10.1 Å². The van der Waals surface area contributed by atoms with Gasteiger partial charge in [0.1, 0.15) is 23.4 Å². The third-order valence-corrected chi connectivity index (χ3v) is 3.55. The molecule has 0 saturated carbocycles. The van der Waals surface area contributed by atoms with Crippen LogP contribution in [-0.4, -0.2) is 18.7 Å². The highest BCUT2D eigenvalue weighted by Crippen LogP contribution is 2.28. The normalized spacial score (nSPS) is 18.6. The topological polar surface area (TPSA) is 34.4 Å². The van der Waals surface area contributed by atoms with Crippen molar-refractivity contribution in [2.75, 3.05) is 6.54 Å². The number of hydrogen-bond donors (Lipinski definition) is 1. The van der Waals surface area contributed by atoms with E-state index in [0.717, 1.165) is 36.5 Å². The first-order valence-corrected chi connectivity index (χ1v) is 6.91. The zero-order chi connectivity index (χ0) is 13.9. The average molecular weight is 275 g/mol. The Balaban J connectivity index is 1.48. The zero-order valence-electron chi connectivity index (χ0n) is 11.4. The number of rotatable bonds is 5. The van der Waals surface area contributed by atoms with E-state index in [2.05, 4.69) is 12.2 Å². The lowest BCUT2D eigenvalue weighted by molar-refractivity contribution is 0.221. The number of ether oxygens (including phenoxy) is 1. The summed E-state index contributed by atoms with van der Waals surface area (Å²) in [4.78, 5) is 0. The van der Waals surface area contributed by atoms with Gasteiger partial charge in [-0.25, -0.2) is 4.39 Å². The molecule has 0 aliphatic carbocycles. The fraction of sp³-hybridized carbons (Fsp3) is 0.375. The van der Waals surface area contributed by atoms with Gasteiger partial charge in [0.25, 0.3) is 0 Å². The maximum absolute atomic E-state index is 13.1. The largest absolute Gasteiger partial charge is 0.488 e. The first-order chi connectivity index (χ1) is 9.70. The lowest BCUT2D eigenvalue weighted by Crippen LogP contribution is -2.36. The minimum absolute atomic E-state index is 0.0749. The monoisotopic (exact) mass is 275 g/mol. The van der Waals surface area contributed by atoms with Gasteiger partial charge in [-0.05, 0) is 37.3 Å². The van der Waals surface area contributed by atoms with Crippen molar-refractivity contribution in [2.24, 2.45) is 0 Å². The van der Waals surface area contributed by atoms with Crippen LogP contribution in [0.3, 0.4) is 0 Å². The third kappa shape index (κ3) is 3.02. The van der Waals surface area contributed by atoms with Crippen LogP contribution in [0.1, 0.15) is 18.2 Å². The molecule has 1 aliphatic heterocycles. The molecule has 2 heterocycles. The second-order valence-corrected chi connectivity index (χ2v) is 5.29. The molecule has 2 atom stereocenters. The molecule has 0 saturated heterocycles. The number of fused-ring (bicyclic) bond motifs is 1. The van der Waals surface area contributed by atoms with Gasteiger partial charge in [0.05, 0.1) is 6.26 Å². The van der Waals surface area contributed by atoms with Gasteiger partial charge in [-0.2, -0.15) is 0 Å². The number of nitrogens with one attached hydrogen (secondary N) is 1. The molecule has 0 radical (unpaired) electrons. The van der Waals surface area contributed by atoms with E-state index in [1.165, 1.54) is 6.07 Å². The van der Waals surface area contributed by atoms with Crippen molar-refractivity contribution in [3.8, 4) is 5.75 Å². The van der Waals surface area contributed by atoms with Crippen molar-refractivity contribution in [3.05, 3.63) is 53.7 Å². The minimum atomic E-state index is -0.202. The molecule has 2 unspecified atom stereocenters. The van der Waals surface area contributed by atoms with Crippen LogP contribution in [-0.2, 0) is 12.8 Å². The molecule has 2 aromatic rings. The Morgan fingerprint density at radius 2 is 2.30 bits per heavy atom. The maximum atomic E-state index is 13.1. The van der Waals surface area contributed by atoms with Crippen LogP contribution in [0, 0.1) is 5.82 Å². The van der Waals surface area contributed by atoms with Gasteiger partial charge in [-0.3, -0.25) is 0 Å². The fourth-order valence-corrected chi connectivity index (χ4v) is 2.54. The minimum Gasteiger partial charge on any atom is -0.488 e. The van der Waals surface area contributed by atoms with E-state index in [1.54, 1.807) is 18.4 Å². The van der Waals surface area contributed by atoms with Gasteiger partial charge in [0.15, 0.2) is 0 Å². The summed E-state index contributed by atoms with van der Waals surface area (Å²) in [5, 5.41) is 3.43. The number of furan rings is 1. The molecule has 1 aromatic heterocycles. The van der Waals surface area contributed by atoms with Crippen LogP contribution in [0.5, 0.6) is 5.75 Å². The van der Waals surface area contributed by atoms with Gasteiger partial charge in [-0.1, -0.05) is 0 Å². The van der Waals surface area contributed by atoms with Crippen molar-refractivity contribution in [1.29, 1.82) is 0 Å². The summed E-state index contributed by atoms with van der Waals surface area (Å²) in [6.45, 7) is 2.86. The summed E-state index contributed by atoms with van der Waals surface area (Å²) in [7, 11) is 0. The molecular formula is C16H18FNO2. The number of hydrogen-bond acceptors (Lipinski definition) is 3. The summed E-state index contributed by atoms with van der Waals surface area (Å²) in [5.74, 6) is 1.58. The van der Waals surface area contributed by atoms with E-state index in [0.29, 0.717) is 6.04 Å². The van der Waals surface area contributed by atoms with Crippen LogP contribution in [0.15, 0.2) is 41.0 Å². The SMILES string of the molecule is CC(Cc1ccco1)NCC1Cc2cc(F)ccc2O1. The van der Waals surface area contributed by atoms with Crippen molar-refractivity contribution in [2.45, 2.75) is 31.9 Å². The van der Waals surface area contributed by atoms with Gasteiger partial charge in [0, 0.05) is 31.0 Å². The van der Waals surface area contributed by atoms with Crippen molar-refractivity contribution < 1.29 is 13.5 Å². The molecular weight excluding hydrogens is 257 g/mol. The molecule has 0 amide bonds. The summed E-state index contributed by atoms with van der Waals surface area (Å²) in [6.07, 6.45) is 3.37. The standard InChI is InChI=1S/C16H18FNO2/c1-11(7-14-3-2-6-19-14)18-10-15-9-12-8-13(17)4-5-16(12)20-15/h2-6,8,11,15,18H,7,9-10H2,1H3. The van der Waals surface area contributed by atoms with Gasteiger partial charge >= 0.3 is 0 Å². The molecule has 1 N–H and O–H groups in total. The Hall–Kier alpha value is -1.81. The predicted molar refractivity (Wildman–Crippen MR) is 74.4 cm³/mol. The van der Waals surface area contributed by atoms with Gasteiger partial charge < -0.3 is 14.5 Å². The summed E-state index contributed by atoms with van der Waals surface area (Å²) in [6, 6.07) is 8.88.